The van der Waals surface area contributed by atoms with E-state index in [4.69, 9.17) is 4.74 Å². The van der Waals surface area contributed by atoms with Crippen LogP contribution in [-0.4, -0.2) is 4.98 Å². The fourth-order valence-corrected chi connectivity index (χ4v) is 1.67. The topological polar surface area (TPSA) is 22.1 Å². The molecule has 1 aromatic carbocycles. The van der Waals surface area contributed by atoms with E-state index in [0.717, 1.165) is 22.5 Å². The number of benzene rings is 1. The summed E-state index contributed by atoms with van der Waals surface area (Å²) in [6, 6.07) is 15.7. The SMILES string of the molecule is BrCc1cccc(COc2ccccc2)n1. The lowest BCUT2D eigenvalue weighted by molar-refractivity contribution is 0.301. The Morgan fingerprint density at radius 3 is 2.44 bits per heavy atom. The summed E-state index contributed by atoms with van der Waals surface area (Å²) in [7, 11) is 0. The molecule has 0 saturated carbocycles. The van der Waals surface area contributed by atoms with Gasteiger partial charge >= 0.3 is 0 Å². The highest BCUT2D eigenvalue weighted by Gasteiger charge is 1.98. The number of ether oxygens (including phenoxy) is 1. The minimum atomic E-state index is 0.505. The smallest absolute Gasteiger partial charge is 0.130 e. The van der Waals surface area contributed by atoms with Crippen molar-refractivity contribution in [1.29, 1.82) is 0 Å². The Labute approximate surface area is 103 Å². The molecule has 0 N–H and O–H groups in total. The first-order chi connectivity index (χ1) is 7.88. The Bertz CT molecular complexity index is 445. The summed E-state index contributed by atoms with van der Waals surface area (Å²) in [5, 5.41) is 0.770. The van der Waals surface area contributed by atoms with Crippen LogP contribution >= 0.6 is 15.9 Å². The number of halogens is 1. The van der Waals surface area contributed by atoms with Crippen molar-refractivity contribution in [2.75, 3.05) is 0 Å². The van der Waals surface area contributed by atoms with Crippen LogP contribution < -0.4 is 4.74 Å². The average molecular weight is 278 g/mol. The summed E-state index contributed by atoms with van der Waals surface area (Å²) in [6.45, 7) is 0.505. The second-order valence-corrected chi connectivity index (χ2v) is 3.92. The van der Waals surface area contributed by atoms with Gasteiger partial charge in [0.2, 0.25) is 0 Å². The Kier molecular flexibility index (Phi) is 3.94. The summed E-state index contributed by atoms with van der Waals surface area (Å²) in [5.74, 6) is 0.869. The lowest BCUT2D eigenvalue weighted by Crippen LogP contribution is -1.99. The molecule has 2 nitrogen and oxygen atoms in total. The monoisotopic (exact) mass is 277 g/mol. The first-order valence-corrected chi connectivity index (χ1v) is 6.19. The summed E-state index contributed by atoms with van der Waals surface area (Å²) in [6.07, 6.45) is 0. The second-order valence-electron chi connectivity index (χ2n) is 3.36. The fraction of sp³-hybridized carbons (Fsp3) is 0.154. The lowest BCUT2D eigenvalue weighted by atomic mass is 10.3. The van der Waals surface area contributed by atoms with Crippen molar-refractivity contribution >= 4 is 15.9 Å². The van der Waals surface area contributed by atoms with Crippen molar-refractivity contribution in [3.05, 3.63) is 59.9 Å². The van der Waals surface area contributed by atoms with E-state index in [2.05, 4.69) is 20.9 Å². The first-order valence-electron chi connectivity index (χ1n) is 5.07. The van der Waals surface area contributed by atoms with E-state index >= 15 is 0 Å². The molecular formula is C13H12BrNO. The molecule has 0 amide bonds. The zero-order valence-electron chi connectivity index (χ0n) is 8.77. The van der Waals surface area contributed by atoms with Crippen LogP contribution in [0.1, 0.15) is 11.4 Å². The number of hydrogen-bond acceptors (Lipinski definition) is 2. The van der Waals surface area contributed by atoms with Gasteiger partial charge in [-0.05, 0) is 24.3 Å². The number of pyridine rings is 1. The van der Waals surface area contributed by atoms with E-state index in [1.165, 1.54) is 0 Å². The Morgan fingerprint density at radius 2 is 1.69 bits per heavy atom. The molecule has 2 aromatic rings. The van der Waals surface area contributed by atoms with Gasteiger partial charge in [-0.15, -0.1) is 0 Å². The van der Waals surface area contributed by atoms with Crippen LogP contribution in [0, 0.1) is 0 Å². The van der Waals surface area contributed by atoms with E-state index in [9.17, 15) is 0 Å². The van der Waals surface area contributed by atoms with Crippen molar-refractivity contribution in [1.82, 2.24) is 4.98 Å². The van der Waals surface area contributed by atoms with Crippen LogP contribution in [0.2, 0.25) is 0 Å². The molecule has 1 heterocycles. The van der Waals surface area contributed by atoms with Gasteiger partial charge in [0.1, 0.15) is 12.4 Å². The quantitative estimate of drug-likeness (QED) is 0.798. The van der Waals surface area contributed by atoms with Crippen molar-refractivity contribution in [2.45, 2.75) is 11.9 Å². The van der Waals surface area contributed by atoms with Crippen LogP contribution in [0.5, 0.6) is 5.75 Å². The maximum absolute atomic E-state index is 5.61. The lowest BCUT2D eigenvalue weighted by Gasteiger charge is -2.06. The number of para-hydroxylation sites is 1. The van der Waals surface area contributed by atoms with Gasteiger partial charge in [-0.3, -0.25) is 4.98 Å². The predicted molar refractivity (Wildman–Crippen MR) is 67.6 cm³/mol. The number of rotatable bonds is 4. The fourth-order valence-electron chi connectivity index (χ4n) is 1.36. The molecular weight excluding hydrogens is 266 g/mol. The van der Waals surface area contributed by atoms with Gasteiger partial charge in [-0.1, -0.05) is 40.2 Å². The normalized spacial score (nSPS) is 10.1. The van der Waals surface area contributed by atoms with Crippen molar-refractivity contribution in [2.24, 2.45) is 0 Å². The molecule has 0 spiro atoms. The third-order valence-electron chi connectivity index (χ3n) is 2.13. The Morgan fingerprint density at radius 1 is 0.938 bits per heavy atom. The van der Waals surface area contributed by atoms with Crippen molar-refractivity contribution in [3.63, 3.8) is 0 Å². The Balaban J connectivity index is 1.99. The van der Waals surface area contributed by atoms with E-state index < -0.39 is 0 Å². The number of alkyl halides is 1. The second kappa shape index (κ2) is 5.66. The van der Waals surface area contributed by atoms with Gasteiger partial charge in [0, 0.05) is 5.33 Å². The standard InChI is InChI=1S/C13H12BrNO/c14-9-11-5-4-6-12(15-11)10-16-13-7-2-1-3-8-13/h1-8H,9-10H2. The van der Waals surface area contributed by atoms with E-state index in [1.54, 1.807) is 0 Å². The summed E-state index contributed by atoms with van der Waals surface area (Å²) >= 11 is 3.38. The van der Waals surface area contributed by atoms with E-state index in [-0.39, 0.29) is 0 Å². The zero-order chi connectivity index (χ0) is 11.2. The number of hydrogen-bond donors (Lipinski definition) is 0. The molecule has 0 radical (unpaired) electrons. The molecule has 0 aliphatic rings. The molecule has 0 saturated heterocycles. The molecule has 1 aromatic heterocycles. The summed E-state index contributed by atoms with van der Waals surface area (Å²) in [5.41, 5.74) is 1.97. The maximum Gasteiger partial charge on any atom is 0.130 e. The average Bonchev–Trinajstić information content (AvgIpc) is 2.38. The molecule has 0 aliphatic carbocycles. The molecule has 0 aliphatic heterocycles. The van der Waals surface area contributed by atoms with Crippen LogP contribution in [-0.2, 0) is 11.9 Å². The largest absolute Gasteiger partial charge is 0.487 e. The molecule has 0 atom stereocenters. The molecule has 82 valence electrons. The van der Waals surface area contributed by atoms with Crippen LogP contribution in [0.25, 0.3) is 0 Å². The van der Waals surface area contributed by atoms with Crippen LogP contribution in [0.15, 0.2) is 48.5 Å². The molecule has 0 fully saturated rings. The van der Waals surface area contributed by atoms with Gasteiger partial charge in [0.25, 0.3) is 0 Å². The Hall–Kier alpha value is -1.35. The molecule has 0 bridgehead atoms. The highest BCUT2D eigenvalue weighted by Crippen LogP contribution is 2.11. The van der Waals surface area contributed by atoms with E-state index in [0.29, 0.717) is 6.61 Å². The van der Waals surface area contributed by atoms with Gasteiger partial charge in [0.15, 0.2) is 0 Å². The van der Waals surface area contributed by atoms with Gasteiger partial charge in [-0.25, -0.2) is 0 Å². The van der Waals surface area contributed by atoms with Crippen LogP contribution in [0.4, 0.5) is 0 Å². The van der Waals surface area contributed by atoms with Gasteiger partial charge in [0.05, 0.1) is 11.4 Å². The third-order valence-corrected chi connectivity index (χ3v) is 2.71. The van der Waals surface area contributed by atoms with Gasteiger partial charge < -0.3 is 4.74 Å². The maximum atomic E-state index is 5.61. The summed E-state index contributed by atoms with van der Waals surface area (Å²) < 4.78 is 5.61. The van der Waals surface area contributed by atoms with Crippen molar-refractivity contribution < 1.29 is 4.74 Å². The molecule has 3 heteroatoms. The highest BCUT2D eigenvalue weighted by atomic mass is 79.9. The molecule has 2 rings (SSSR count). The highest BCUT2D eigenvalue weighted by molar-refractivity contribution is 9.08. The first kappa shape index (κ1) is 11.1. The van der Waals surface area contributed by atoms with E-state index in [1.807, 2.05) is 48.5 Å². The number of nitrogens with zero attached hydrogens (tertiary/aromatic N) is 1. The molecule has 0 unspecified atom stereocenters. The van der Waals surface area contributed by atoms with Crippen molar-refractivity contribution in [3.8, 4) is 5.75 Å². The van der Waals surface area contributed by atoms with Gasteiger partial charge in [-0.2, -0.15) is 0 Å². The minimum Gasteiger partial charge on any atom is -0.487 e. The zero-order valence-corrected chi connectivity index (χ0v) is 10.4. The summed E-state index contributed by atoms with van der Waals surface area (Å²) in [4.78, 5) is 4.43. The molecule has 16 heavy (non-hydrogen) atoms. The number of aromatic nitrogens is 1. The van der Waals surface area contributed by atoms with Crippen LogP contribution in [0.3, 0.4) is 0 Å². The third kappa shape index (κ3) is 3.07. The predicted octanol–water partition coefficient (Wildman–Crippen LogP) is 3.56. The minimum absolute atomic E-state index is 0.505.